The first-order valence-corrected chi connectivity index (χ1v) is 8.00. The average molecular weight is 312 g/mol. The normalized spacial score (nSPS) is 10.5. The first-order valence-electron chi connectivity index (χ1n) is 8.00. The Morgan fingerprint density at radius 1 is 1.09 bits per heavy atom. The topological polar surface area (TPSA) is 42.4 Å². The van der Waals surface area contributed by atoms with Gasteiger partial charge >= 0.3 is 0 Å². The average Bonchev–Trinajstić information content (AvgIpc) is 2.60. The predicted molar refractivity (Wildman–Crippen MR) is 91.3 cm³/mol. The lowest BCUT2D eigenvalue weighted by molar-refractivity contribution is 0.0680. The fourth-order valence-corrected chi connectivity index (χ4v) is 2.45. The van der Waals surface area contributed by atoms with Gasteiger partial charge in [0.25, 0.3) is 5.91 Å². The van der Waals surface area contributed by atoms with Crippen LogP contribution in [0.15, 0.2) is 48.8 Å². The van der Waals surface area contributed by atoms with Crippen molar-refractivity contribution in [3.8, 4) is 0 Å². The van der Waals surface area contributed by atoms with Gasteiger partial charge in [0.15, 0.2) is 0 Å². The minimum Gasteiger partial charge on any atom is -0.383 e. The molecule has 23 heavy (non-hydrogen) atoms. The maximum absolute atomic E-state index is 12.8. The molecule has 1 aromatic carbocycles. The van der Waals surface area contributed by atoms with Crippen LogP contribution in [0.5, 0.6) is 0 Å². The van der Waals surface area contributed by atoms with Crippen molar-refractivity contribution in [1.29, 1.82) is 0 Å². The predicted octanol–water partition coefficient (Wildman–Crippen LogP) is 3.32. The van der Waals surface area contributed by atoms with E-state index in [9.17, 15) is 4.79 Å². The number of amides is 1. The van der Waals surface area contributed by atoms with Crippen LogP contribution < -0.4 is 0 Å². The molecular formula is C19H24N2O2. The lowest BCUT2D eigenvalue weighted by atomic mass is 10.1. The van der Waals surface area contributed by atoms with Gasteiger partial charge < -0.3 is 9.64 Å². The number of nitrogens with zero attached hydrogens (tertiary/aromatic N) is 2. The molecule has 1 amide bonds. The Morgan fingerprint density at radius 3 is 2.39 bits per heavy atom. The fourth-order valence-electron chi connectivity index (χ4n) is 2.45. The summed E-state index contributed by atoms with van der Waals surface area (Å²) in [5.41, 5.74) is 3.05. The molecule has 0 radical (unpaired) electrons. The number of ether oxygens (including phenoxy) is 1. The molecule has 0 fully saturated rings. The number of carbonyl (C=O) groups is 1. The number of hydrogen-bond acceptors (Lipinski definition) is 3. The van der Waals surface area contributed by atoms with Crippen molar-refractivity contribution in [2.24, 2.45) is 0 Å². The molecule has 0 aliphatic rings. The Kier molecular flexibility index (Phi) is 6.76. The number of benzene rings is 1. The molecule has 4 nitrogen and oxygen atoms in total. The van der Waals surface area contributed by atoms with Crippen molar-refractivity contribution in [2.45, 2.75) is 26.3 Å². The highest BCUT2D eigenvalue weighted by Gasteiger charge is 2.16. The van der Waals surface area contributed by atoms with Crippen molar-refractivity contribution in [2.75, 3.05) is 20.3 Å². The van der Waals surface area contributed by atoms with E-state index in [0.29, 0.717) is 19.7 Å². The van der Waals surface area contributed by atoms with Gasteiger partial charge in [0.05, 0.1) is 6.61 Å². The van der Waals surface area contributed by atoms with E-state index in [2.05, 4.69) is 11.9 Å². The summed E-state index contributed by atoms with van der Waals surface area (Å²) >= 11 is 0. The molecule has 0 aliphatic carbocycles. The van der Waals surface area contributed by atoms with Crippen LogP contribution in [0.3, 0.4) is 0 Å². The van der Waals surface area contributed by atoms with Gasteiger partial charge in [-0.15, -0.1) is 0 Å². The number of aromatic nitrogens is 1. The van der Waals surface area contributed by atoms with Crippen molar-refractivity contribution in [3.05, 3.63) is 65.5 Å². The first kappa shape index (κ1) is 17.2. The van der Waals surface area contributed by atoms with Crippen molar-refractivity contribution in [1.82, 2.24) is 9.88 Å². The molecule has 4 heteroatoms. The summed E-state index contributed by atoms with van der Waals surface area (Å²) in [5, 5.41) is 0. The highest BCUT2D eigenvalue weighted by atomic mass is 16.5. The number of methoxy groups -OCH3 is 1. The van der Waals surface area contributed by atoms with E-state index in [4.69, 9.17) is 4.74 Å². The summed E-state index contributed by atoms with van der Waals surface area (Å²) in [4.78, 5) is 18.6. The molecule has 0 aliphatic heterocycles. The van der Waals surface area contributed by atoms with Gasteiger partial charge in [0.1, 0.15) is 0 Å². The largest absolute Gasteiger partial charge is 0.383 e. The minimum absolute atomic E-state index is 0.0295. The second kappa shape index (κ2) is 9.06. The molecule has 0 bridgehead atoms. The monoisotopic (exact) mass is 312 g/mol. The SMILES string of the molecule is CCCc1ccc(C(=O)N(CCOC)Cc2ccncc2)cc1. The number of hydrogen-bond donors (Lipinski definition) is 0. The van der Waals surface area contributed by atoms with Crippen LogP contribution in [0, 0.1) is 0 Å². The number of carbonyl (C=O) groups excluding carboxylic acids is 1. The number of pyridine rings is 1. The molecular weight excluding hydrogens is 288 g/mol. The molecule has 0 saturated carbocycles. The summed E-state index contributed by atoms with van der Waals surface area (Å²) in [5.74, 6) is 0.0295. The van der Waals surface area contributed by atoms with Gasteiger partial charge in [-0.2, -0.15) is 0 Å². The number of rotatable bonds is 8. The van der Waals surface area contributed by atoms with E-state index < -0.39 is 0 Å². The smallest absolute Gasteiger partial charge is 0.254 e. The lowest BCUT2D eigenvalue weighted by Crippen LogP contribution is -2.33. The van der Waals surface area contributed by atoms with Gasteiger partial charge in [0.2, 0.25) is 0 Å². The van der Waals surface area contributed by atoms with Crippen LogP contribution in [0.4, 0.5) is 0 Å². The van der Waals surface area contributed by atoms with E-state index in [1.807, 2.05) is 41.3 Å². The molecule has 122 valence electrons. The lowest BCUT2D eigenvalue weighted by Gasteiger charge is -2.22. The van der Waals surface area contributed by atoms with Gasteiger partial charge in [-0.1, -0.05) is 25.5 Å². The van der Waals surface area contributed by atoms with E-state index in [-0.39, 0.29) is 5.91 Å². The summed E-state index contributed by atoms with van der Waals surface area (Å²) < 4.78 is 5.14. The Morgan fingerprint density at radius 2 is 1.78 bits per heavy atom. The zero-order valence-electron chi connectivity index (χ0n) is 13.9. The fraction of sp³-hybridized carbons (Fsp3) is 0.368. The zero-order valence-corrected chi connectivity index (χ0v) is 13.9. The standard InChI is InChI=1S/C19H24N2O2/c1-3-4-16-5-7-18(8-6-16)19(22)21(13-14-23-2)15-17-9-11-20-12-10-17/h5-12H,3-4,13-15H2,1-2H3. The van der Waals surface area contributed by atoms with Gasteiger partial charge in [-0.25, -0.2) is 0 Å². The molecule has 1 heterocycles. The van der Waals surface area contributed by atoms with Crippen LogP contribution in [-0.2, 0) is 17.7 Å². The van der Waals surface area contributed by atoms with Crippen LogP contribution in [-0.4, -0.2) is 36.1 Å². The highest BCUT2D eigenvalue weighted by molar-refractivity contribution is 5.94. The summed E-state index contributed by atoms with van der Waals surface area (Å²) in [7, 11) is 1.65. The second-order valence-corrected chi connectivity index (χ2v) is 5.52. The van der Waals surface area contributed by atoms with Crippen LogP contribution in [0.1, 0.15) is 34.8 Å². The van der Waals surface area contributed by atoms with E-state index in [0.717, 1.165) is 24.0 Å². The summed E-state index contributed by atoms with van der Waals surface area (Å²) in [6.07, 6.45) is 5.63. The van der Waals surface area contributed by atoms with Gasteiger partial charge in [-0.05, 0) is 41.8 Å². The third-order valence-electron chi connectivity index (χ3n) is 3.71. The maximum Gasteiger partial charge on any atom is 0.254 e. The minimum atomic E-state index is 0.0295. The molecule has 2 rings (SSSR count). The van der Waals surface area contributed by atoms with Gasteiger partial charge in [0, 0.05) is 38.2 Å². The van der Waals surface area contributed by atoms with E-state index >= 15 is 0 Å². The Bertz CT molecular complexity index is 597. The second-order valence-electron chi connectivity index (χ2n) is 5.52. The first-order chi connectivity index (χ1) is 11.2. The molecule has 0 atom stereocenters. The Balaban J connectivity index is 2.11. The summed E-state index contributed by atoms with van der Waals surface area (Å²) in [6, 6.07) is 11.8. The molecule has 0 saturated heterocycles. The molecule has 1 aromatic heterocycles. The van der Waals surface area contributed by atoms with Gasteiger partial charge in [-0.3, -0.25) is 9.78 Å². The van der Waals surface area contributed by atoms with E-state index in [1.54, 1.807) is 19.5 Å². The number of aryl methyl sites for hydroxylation is 1. The highest BCUT2D eigenvalue weighted by Crippen LogP contribution is 2.12. The van der Waals surface area contributed by atoms with Crippen LogP contribution in [0.25, 0.3) is 0 Å². The van der Waals surface area contributed by atoms with Crippen molar-refractivity contribution in [3.63, 3.8) is 0 Å². The Labute approximate surface area is 138 Å². The van der Waals surface area contributed by atoms with Crippen LogP contribution >= 0.6 is 0 Å². The van der Waals surface area contributed by atoms with Crippen LogP contribution in [0.2, 0.25) is 0 Å². The van der Waals surface area contributed by atoms with E-state index in [1.165, 1.54) is 5.56 Å². The molecule has 0 spiro atoms. The summed E-state index contributed by atoms with van der Waals surface area (Å²) in [6.45, 7) is 3.79. The quantitative estimate of drug-likeness (QED) is 0.751. The molecule has 0 N–H and O–H groups in total. The molecule has 2 aromatic rings. The third kappa shape index (κ3) is 5.18. The molecule has 0 unspecified atom stereocenters. The third-order valence-corrected chi connectivity index (χ3v) is 3.71. The van der Waals surface area contributed by atoms with Crippen molar-refractivity contribution < 1.29 is 9.53 Å². The zero-order chi connectivity index (χ0) is 16.5. The van der Waals surface area contributed by atoms with Crippen molar-refractivity contribution >= 4 is 5.91 Å². The Hall–Kier alpha value is -2.20. The maximum atomic E-state index is 12.8.